The van der Waals surface area contributed by atoms with Gasteiger partial charge in [-0.2, -0.15) is 0 Å². The molecule has 1 aliphatic heterocycles. The van der Waals surface area contributed by atoms with Crippen molar-refractivity contribution in [3.8, 4) is 5.75 Å². The van der Waals surface area contributed by atoms with Crippen LogP contribution in [-0.4, -0.2) is 25.8 Å². The fourth-order valence-corrected chi connectivity index (χ4v) is 3.98. The predicted octanol–water partition coefficient (Wildman–Crippen LogP) is 3.76. The number of hydrogen-bond donors (Lipinski definition) is 1. The van der Waals surface area contributed by atoms with Crippen molar-refractivity contribution in [2.75, 3.05) is 5.73 Å². The van der Waals surface area contributed by atoms with Crippen molar-refractivity contribution in [2.24, 2.45) is 0 Å². The normalized spacial score (nSPS) is 16.8. The molecule has 0 amide bonds. The Bertz CT molecular complexity index is 1280. The molecule has 0 bridgehead atoms. The molecule has 0 fully saturated rings. The second kappa shape index (κ2) is 7.11. The van der Waals surface area contributed by atoms with Crippen LogP contribution in [0.3, 0.4) is 0 Å². The van der Waals surface area contributed by atoms with Crippen LogP contribution in [0.1, 0.15) is 30.0 Å². The number of carbonyl (C=O) groups is 1. The fourth-order valence-electron chi connectivity index (χ4n) is 3.98. The number of para-hydroxylation sites is 1. The quantitative estimate of drug-likeness (QED) is 0.527. The first kappa shape index (κ1) is 18.1. The maximum Gasteiger partial charge on any atom is 0.166 e. The zero-order valence-electron chi connectivity index (χ0n) is 16.3. The van der Waals surface area contributed by atoms with E-state index in [2.05, 4.69) is 15.0 Å². The van der Waals surface area contributed by atoms with Crippen LogP contribution < -0.4 is 10.5 Å². The lowest BCUT2D eigenvalue weighted by atomic mass is 9.83. The van der Waals surface area contributed by atoms with E-state index in [0.717, 1.165) is 23.0 Å². The first-order valence-corrected chi connectivity index (χ1v) is 9.63. The summed E-state index contributed by atoms with van der Waals surface area (Å²) >= 11 is 0. The van der Waals surface area contributed by atoms with E-state index in [0.29, 0.717) is 28.5 Å². The van der Waals surface area contributed by atoms with Crippen molar-refractivity contribution in [1.29, 1.82) is 0 Å². The molecule has 7 nitrogen and oxygen atoms in total. The molecule has 0 saturated carbocycles. The van der Waals surface area contributed by atoms with Gasteiger partial charge >= 0.3 is 0 Å². The summed E-state index contributed by atoms with van der Waals surface area (Å²) in [6, 6.07) is 17.2. The van der Waals surface area contributed by atoms with Gasteiger partial charge in [0.25, 0.3) is 0 Å². The molecule has 2 atom stereocenters. The Morgan fingerprint density at radius 3 is 2.63 bits per heavy atom. The van der Waals surface area contributed by atoms with Gasteiger partial charge in [0, 0.05) is 11.1 Å². The lowest BCUT2D eigenvalue weighted by molar-refractivity contribution is -0.108. The Balaban J connectivity index is 1.74. The molecule has 30 heavy (non-hydrogen) atoms. The maximum absolute atomic E-state index is 12.3. The average molecular weight is 397 g/mol. The molecule has 1 aliphatic rings. The van der Waals surface area contributed by atoms with Crippen LogP contribution in [0.4, 0.5) is 5.82 Å². The number of aromatic nitrogens is 4. The van der Waals surface area contributed by atoms with Gasteiger partial charge in [-0.25, -0.2) is 15.0 Å². The largest absolute Gasteiger partial charge is 0.459 e. The number of nitrogens with zero attached hydrogens (tertiary/aromatic N) is 4. The molecule has 2 aromatic heterocycles. The number of rotatable bonds is 4. The molecule has 0 spiro atoms. The van der Waals surface area contributed by atoms with Gasteiger partial charge in [0.2, 0.25) is 0 Å². The van der Waals surface area contributed by atoms with Crippen molar-refractivity contribution in [3.63, 3.8) is 0 Å². The van der Waals surface area contributed by atoms with Gasteiger partial charge in [0.1, 0.15) is 29.6 Å². The molecular weight excluding hydrogens is 378 g/mol. The number of imidazole rings is 1. The van der Waals surface area contributed by atoms with Crippen molar-refractivity contribution >= 4 is 28.8 Å². The topological polar surface area (TPSA) is 95.9 Å². The van der Waals surface area contributed by atoms with Crippen LogP contribution in [-0.2, 0) is 4.79 Å². The van der Waals surface area contributed by atoms with Crippen LogP contribution in [0.15, 0.2) is 73.0 Å². The minimum absolute atomic E-state index is 0.282. The highest BCUT2D eigenvalue weighted by atomic mass is 16.5. The number of aldehydes is 1. The fraction of sp³-hybridized carbons (Fsp3) is 0.130. The second-order valence-electron chi connectivity index (χ2n) is 7.16. The van der Waals surface area contributed by atoms with E-state index in [-0.39, 0.29) is 6.04 Å². The number of nitrogens with two attached hydrogens (primary N) is 1. The van der Waals surface area contributed by atoms with E-state index in [1.54, 1.807) is 6.33 Å². The number of hydrogen-bond acceptors (Lipinski definition) is 6. The number of allylic oxidation sites excluding steroid dienone is 2. The summed E-state index contributed by atoms with van der Waals surface area (Å²) in [7, 11) is 0. The number of carbonyl (C=O) groups excluding carboxylic acids is 1. The van der Waals surface area contributed by atoms with Crippen LogP contribution in [0.2, 0.25) is 0 Å². The first-order chi connectivity index (χ1) is 14.7. The predicted molar refractivity (Wildman–Crippen MR) is 114 cm³/mol. The molecular formula is C23H19N5O2. The van der Waals surface area contributed by atoms with Crippen molar-refractivity contribution < 1.29 is 9.53 Å². The Morgan fingerprint density at radius 2 is 1.83 bits per heavy atom. The van der Waals surface area contributed by atoms with Crippen LogP contribution in [0, 0.1) is 0 Å². The average Bonchev–Trinajstić information content (AvgIpc) is 3.23. The van der Waals surface area contributed by atoms with E-state index in [1.807, 2.05) is 66.1 Å². The van der Waals surface area contributed by atoms with Crippen molar-refractivity contribution in [1.82, 2.24) is 19.5 Å². The van der Waals surface area contributed by atoms with Crippen LogP contribution in [0.25, 0.3) is 16.7 Å². The van der Waals surface area contributed by atoms with E-state index >= 15 is 0 Å². The highest BCUT2D eigenvalue weighted by Crippen LogP contribution is 2.45. The van der Waals surface area contributed by atoms with Crippen LogP contribution in [0.5, 0.6) is 5.75 Å². The number of benzene rings is 2. The molecule has 2 unspecified atom stereocenters. The van der Waals surface area contributed by atoms with Gasteiger partial charge in [-0.05, 0) is 18.6 Å². The number of ether oxygens (including phenoxy) is 1. The Labute approximate surface area is 172 Å². The monoisotopic (exact) mass is 397 g/mol. The Kier molecular flexibility index (Phi) is 4.28. The van der Waals surface area contributed by atoms with Crippen molar-refractivity contribution in [2.45, 2.75) is 18.9 Å². The summed E-state index contributed by atoms with van der Waals surface area (Å²) in [5, 5.41) is 0. The van der Waals surface area contributed by atoms with E-state index in [9.17, 15) is 4.79 Å². The van der Waals surface area contributed by atoms with Gasteiger partial charge in [-0.3, -0.25) is 0 Å². The third-order valence-corrected chi connectivity index (χ3v) is 5.46. The summed E-state index contributed by atoms with van der Waals surface area (Å²) in [5.41, 5.74) is 9.72. The van der Waals surface area contributed by atoms with Gasteiger partial charge in [0.15, 0.2) is 11.5 Å². The number of fused-ring (bicyclic) bond motifs is 2. The summed E-state index contributed by atoms with van der Waals surface area (Å²) < 4.78 is 8.28. The summed E-state index contributed by atoms with van der Waals surface area (Å²) in [6.45, 7) is 1.99. The van der Waals surface area contributed by atoms with E-state index < -0.39 is 5.92 Å². The summed E-state index contributed by atoms with van der Waals surface area (Å²) in [6.07, 6.45) is 4.07. The summed E-state index contributed by atoms with van der Waals surface area (Å²) in [4.78, 5) is 25.0. The molecule has 4 aromatic rings. The third-order valence-electron chi connectivity index (χ3n) is 5.46. The minimum atomic E-state index is -0.440. The molecule has 7 heteroatoms. The molecule has 2 aromatic carbocycles. The van der Waals surface area contributed by atoms with Gasteiger partial charge in [0.05, 0.1) is 18.3 Å². The molecule has 3 heterocycles. The zero-order valence-corrected chi connectivity index (χ0v) is 16.3. The maximum atomic E-state index is 12.3. The molecule has 0 aliphatic carbocycles. The molecule has 5 rings (SSSR count). The number of anilines is 1. The smallest absolute Gasteiger partial charge is 0.166 e. The first-order valence-electron chi connectivity index (χ1n) is 9.63. The van der Waals surface area contributed by atoms with Gasteiger partial charge < -0.3 is 19.8 Å². The van der Waals surface area contributed by atoms with Gasteiger partial charge in [-0.1, -0.05) is 48.5 Å². The third kappa shape index (κ3) is 2.75. The SMILES string of the molecule is CC(C1=C(c2ccccc2)C(C=O)c2ccccc2O1)n1cnc2c(N)ncnc21. The minimum Gasteiger partial charge on any atom is -0.459 e. The highest BCUT2D eigenvalue weighted by Gasteiger charge is 2.33. The van der Waals surface area contributed by atoms with Gasteiger partial charge in [-0.15, -0.1) is 0 Å². The molecule has 0 radical (unpaired) electrons. The standard InChI is InChI=1S/C23H19N5O2/c1-14(28-13-27-20-22(24)25-12-26-23(20)28)21-19(15-7-3-2-4-8-15)17(11-29)16-9-5-6-10-18(16)30-21/h2-14,17H,1H3,(H2,24,25,26). The van der Waals surface area contributed by atoms with E-state index in [1.165, 1.54) is 6.33 Å². The second-order valence-corrected chi connectivity index (χ2v) is 7.16. The van der Waals surface area contributed by atoms with Crippen molar-refractivity contribution in [3.05, 3.63) is 84.1 Å². The molecule has 2 N–H and O–H groups in total. The highest BCUT2D eigenvalue weighted by molar-refractivity contribution is 5.90. The Hall–Kier alpha value is -4.00. The lowest BCUT2D eigenvalue weighted by Gasteiger charge is -2.31. The zero-order chi connectivity index (χ0) is 20.7. The Morgan fingerprint density at radius 1 is 1.07 bits per heavy atom. The van der Waals surface area contributed by atoms with Crippen LogP contribution >= 0.6 is 0 Å². The molecule has 0 saturated heterocycles. The molecule has 148 valence electrons. The number of nitrogen functional groups attached to an aromatic ring is 1. The lowest BCUT2D eigenvalue weighted by Crippen LogP contribution is -2.22. The summed E-state index contributed by atoms with van der Waals surface area (Å²) in [5.74, 6) is 1.23. The van der Waals surface area contributed by atoms with E-state index in [4.69, 9.17) is 10.5 Å².